The van der Waals surface area contributed by atoms with E-state index in [0.29, 0.717) is 6.61 Å². The van der Waals surface area contributed by atoms with Crippen LogP contribution in [0.25, 0.3) is 0 Å². The van der Waals surface area contributed by atoms with Gasteiger partial charge in [0.15, 0.2) is 0 Å². The highest BCUT2D eigenvalue weighted by atomic mass is 16.6. The lowest BCUT2D eigenvalue weighted by Gasteiger charge is -2.13. The summed E-state index contributed by atoms with van der Waals surface area (Å²) in [7, 11) is 0. The van der Waals surface area contributed by atoms with E-state index in [4.69, 9.17) is 4.74 Å². The van der Waals surface area contributed by atoms with Crippen LogP contribution in [0.3, 0.4) is 0 Å². The van der Waals surface area contributed by atoms with E-state index < -0.39 is 6.41 Å². The Bertz CT molecular complexity index is 263. The topological polar surface area (TPSA) is 41.5 Å². The van der Waals surface area contributed by atoms with Gasteiger partial charge in [0.25, 0.3) is 0 Å². The average molecular weight is 181 g/mol. The Morgan fingerprint density at radius 2 is 2.31 bits per heavy atom. The fourth-order valence-electron chi connectivity index (χ4n) is 1.08. The number of rotatable bonds is 4. The molecule has 0 saturated heterocycles. The molecule has 0 bridgehead atoms. The quantitative estimate of drug-likeness (QED) is 0.695. The smallest absolute Gasteiger partial charge is 0.235 e. The Balaban J connectivity index is 2.53. The molecule has 0 amide bonds. The maximum atomic E-state index is 9.26. The van der Waals surface area contributed by atoms with Crippen LogP contribution in [0.15, 0.2) is 24.3 Å². The highest BCUT2D eigenvalue weighted by Crippen LogP contribution is 2.10. The Kier molecular flexibility index (Phi) is 3.73. The number of aliphatic hydroxyl groups excluding tert-OH is 1. The predicted molar refractivity (Wildman–Crippen MR) is 52.4 cm³/mol. The van der Waals surface area contributed by atoms with Gasteiger partial charge in [0.05, 0.1) is 0 Å². The number of aryl methyl sites for hydroxylation is 1. The zero-order valence-corrected chi connectivity index (χ0v) is 7.95. The molecule has 1 unspecified atom stereocenters. The average Bonchev–Trinajstić information content (AvgIpc) is 2.04. The summed E-state index contributed by atoms with van der Waals surface area (Å²) in [5.41, 5.74) is 2.01. The first-order chi connectivity index (χ1) is 6.22. The van der Waals surface area contributed by atoms with Gasteiger partial charge in [-0.05, 0) is 31.5 Å². The minimum Gasteiger partial charge on any atom is -0.351 e. The fraction of sp³-hybridized carbons (Fsp3) is 0.400. The van der Waals surface area contributed by atoms with Crippen LogP contribution < -0.4 is 5.32 Å². The first kappa shape index (κ1) is 10.0. The number of hydrogen-bond donors (Lipinski definition) is 2. The van der Waals surface area contributed by atoms with Crippen molar-refractivity contribution in [1.29, 1.82) is 0 Å². The Labute approximate surface area is 78.3 Å². The van der Waals surface area contributed by atoms with Crippen LogP contribution in [0.4, 0.5) is 5.69 Å². The second-order valence-electron chi connectivity index (χ2n) is 2.82. The maximum absolute atomic E-state index is 9.26. The Hall–Kier alpha value is -1.06. The molecule has 13 heavy (non-hydrogen) atoms. The van der Waals surface area contributed by atoms with Crippen molar-refractivity contribution in [2.45, 2.75) is 20.3 Å². The molecule has 0 fully saturated rings. The normalized spacial score (nSPS) is 12.5. The molecular weight excluding hydrogens is 166 g/mol. The van der Waals surface area contributed by atoms with Gasteiger partial charge in [0, 0.05) is 12.3 Å². The van der Waals surface area contributed by atoms with Gasteiger partial charge in [0.1, 0.15) is 0 Å². The van der Waals surface area contributed by atoms with Crippen LogP contribution in [0.5, 0.6) is 0 Å². The van der Waals surface area contributed by atoms with Crippen LogP contribution in [0.2, 0.25) is 0 Å². The third-order valence-electron chi connectivity index (χ3n) is 1.63. The third kappa shape index (κ3) is 3.44. The van der Waals surface area contributed by atoms with E-state index in [1.54, 1.807) is 0 Å². The minimum atomic E-state index is -0.924. The summed E-state index contributed by atoms with van der Waals surface area (Å²) in [6.45, 7) is 4.32. The number of ether oxygens (including phenoxy) is 1. The van der Waals surface area contributed by atoms with Gasteiger partial charge >= 0.3 is 0 Å². The van der Waals surface area contributed by atoms with Gasteiger partial charge in [0.2, 0.25) is 6.41 Å². The molecule has 0 radical (unpaired) electrons. The molecule has 3 heteroatoms. The number of hydrogen-bond acceptors (Lipinski definition) is 3. The van der Waals surface area contributed by atoms with E-state index in [1.165, 1.54) is 0 Å². The summed E-state index contributed by atoms with van der Waals surface area (Å²) >= 11 is 0. The first-order valence-corrected chi connectivity index (χ1v) is 4.35. The summed E-state index contributed by atoms with van der Waals surface area (Å²) in [6.07, 6.45) is -0.924. The van der Waals surface area contributed by atoms with Gasteiger partial charge in [-0.3, -0.25) is 0 Å². The molecule has 0 aliphatic heterocycles. The summed E-state index contributed by atoms with van der Waals surface area (Å²) in [6, 6.07) is 7.76. The van der Waals surface area contributed by atoms with Crippen molar-refractivity contribution in [1.82, 2.24) is 0 Å². The lowest BCUT2D eigenvalue weighted by molar-refractivity contribution is -0.0730. The van der Waals surface area contributed by atoms with E-state index in [-0.39, 0.29) is 0 Å². The SMILES string of the molecule is CCOC(O)Nc1cccc(C)c1. The van der Waals surface area contributed by atoms with Crippen molar-refractivity contribution in [2.24, 2.45) is 0 Å². The van der Waals surface area contributed by atoms with Gasteiger partial charge in [-0.2, -0.15) is 0 Å². The van der Waals surface area contributed by atoms with Crippen LogP contribution in [0.1, 0.15) is 12.5 Å². The molecule has 1 aromatic carbocycles. The zero-order valence-electron chi connectivity index (χ0n) is 7.95. The molecule has 0 aromatic heterocycles. The molecule has 72 valence electrons. The molecule has 2 N–H and O–H groups in total. The van der Waals surface area contributed by atoms with Crippen molar-refractivity contribution in [3.8, 4) is 0 Å². The molecule has 0 spiro atoms. The second kappa shape index (κ2) is 4.84. The van der Waals surface area contributed by atoms with Crippen molar-refractivity contribution in [2.75, 3.05) is 11.9 Å². The lowest BCUT2D eigenvalue weighted by atomic mass is 10.2. The molecule has 0 heterocycles. The van der Waals surface area contributed by atoms with Crippen molar-refractivity contribution in [3.63, 3.8) is 0 Å². The molecule has 0 saturated carbocycles. The van der Waals surface area contributed by atoms with E-state index >= 15 is 0 Å². The molecular formula is C10H15NO2. The number of anilines is 1. The summed E-state index contributed by atoms with van der Waals surface area (Å²) < 4.78 is 4.93. The summed E-state index contributed by atoms with van der Waals surface area (Å²) in [5.74, 6) is 0. The van der Waals surface area contributed by atoms with Crippen LogP contribution in [0, 0.1) is 6.92 Å². The maximum Gasteiger partial charge on any atom is 0.235 e. The highest BCUT2D eigenvalue weighted by molar-refractivity contribution is 5.45. The van der Waals surface area contributed by atoms with Crippen molar-refractivity contribution < 1.29 is 9.84 Å². The van der Waals surface area contributed by atoms with Gasteiger partial charge in [-0.15, -0.1) is 0 Å². The monoisotopic (exact) mass is 181 g/mol. The Morgan fingerprint density at radius 1 is 1.54 bits per heavy atom. The third-order valence-corrected chi connectivity index (χ3v) is 1.63. The van der Waals surface area contributed by atoms with Crippen LogP contribution in [-0.4, -0.2) is 18.1 Å². The van der Waals surface area contributed by atoms with E-state index in [0.717, 1.165) is 11.3 Å². The fourth-order valence-corrected chi connectivity index (χ4v) is 1.08. The van der Waals surface area contributed by atoms with E-state index in [9.17, 15) is 5.11 Å². The van der Waals surface area contributed by atoms with Crippen LogP contribution >= 0.6 is 0 Å². The molecule has 1 atom stereocenters. The molecule has 0 aliphatic carbocycles. The number of benzene rings is 1. The van der Waals surface area contributed by atoms with Gasteiger partial charge in [-0.25, -0.2) is 0 Å². The van der Waals surface area contributed by atoms with Crippen molar-refractivity contribution >= 4 is 5.69 Å². The molecule has 0 aliphatic rings. The largest absolute Gasteiger partial charge is 0.351 e. The molecule has 1 rings (SSSR count). The minimum absolute atomic E-state index is 0.486. The van der Waals surface area contributed by atoms with Gasteiger partial charge in [-0.1, -0.05) is 12.1 Å². The van der Waals surface area contributed by atoms with Crippen molar-refractivity contribution in [3.05, 3.63) is 29.8 Å². The molecule has 3 nitrogen and oxygen atoms in total. The molecule has 1 aromatic rings. The zero-order chi connectivity index (χ0) is 9.68. The first-order valence-electron chi connectivity index (χ1n) is 4.35. The second-order valence-corrected chi connectivity index (χ2v) is 2.82. The summed E-state index contributed by atoms with van der Waals surface area (Å²) in [4.78, 5) is 0. The van der Waals surface area contributed by atoms with E-state index in [2.05, 4.69) is 5.32 Å². The standard InChI is InChI=1S/C10H15NO2/c1-3-13-10(12)11-9-6-4-5-8(2)7-9/h4-7,10-12H,3H2,1-2H3. The Morgan fingerprint density at radius 3 is 2.92 bits per heavy atom. The van der Waals surface area contributed by atoms with Crippen LogP contribution in [-0.2, 0) is 4.74 Å². The summed E-state index contributed by atoms with van der Waals surface area (Å²) in [5, 5.41) is 12.1. The number of aliphatic hydroxyl groups is 1. The highest BCUT2D eigenvalue weighted by Gasteiger charge is 2.01. The number of nitrogens with one attached hydrogen (secondary N) is 1. The lowest BCUT2D eigenvalue weighted by Crippen LogP contribution is -2.22. The van der Waals surface area contributed by atoms with Gasteiger partial charge < -0.3 is 15.2 Å². The predicted octanol–water partition coefficient (Wildman–Crippen LogP) is 1.72. The van der Waals surface area contributed by atoms with E-state index in [1.807, 2.05) is 38.1 Å².